The van der Waals surface area contributed by atoms with Crippen LogP contribution in [0.15, 0.2) is 5.38 Å². The number of thiazole rings is 1. The molecule has 0 spiro atoms. The van der Waals surface area contributed by atoms with Crippen LogP contribution in [-0.4, -0.2) is 39.8 Å². The fourth-order valence-corrected chi connectivity index (χ4v) is 3.45. The Bertz CT molecular complexity index is 604. The van der Waals surface area contributed by atoms with Gasteiger partial charge in [-0.25, -0.2) is 4.98 Å². The van der Waals surface area contributed by atoms with Gasteiger partial charge < -0.3 is 20.9 Å². The molecule has 6 nitrogen and oxygen atoms in total. The molecule has 0 aliphatic carbocycles. The average molecular weight is 312 g/mol. The highest BCUT2D eigenvalue weighted by Crippen LogP contribution is 2.37. The normalized spacial score (nSPS) is 22.3. The smallest absolute Gasteiger partial charge is 0.148 e. The molecule has 0 bridgehead atoms. The number of ether oxygens (including phenoxy) is 1. The highest BCUT2D eigenvalue weighted by atomic mass is 32.1. The van der Waals surface area contributed by atoms with Crippen LogP contribution in [0, 0.1) is 6.92 Å². The summed E-state index contributed by atoms with van der Waals surface area (Å²) < 4.78 is 9.41. The van der Waals surface area contributed by atoms with Gasteiger partial charge in [0.15, 0.2) is 0 Å². The number of aliphatic hydroxyl groups is 1. The monoisotopic (exact) mass is 312 g/mol. The van der Waals surface area contributed by atoms with E-state index in [4.69, 9.17) is 10.5 Å². The average Bonchev–Trinajstić information content (AvgIpc) is 3.09. The number of nitrogens with zero attached hydrogens (tertiary/aromatic N) is 2. The molecule has 4 N–H and O–H groups in total. The van der Waals surface area contributed by atoms with Crippen molar-refractivity contribution in [3.8, 4) is 11.3 Å². The van der Waals surface area contributed by atoms with E-state index in [1.807, 2.05) is 12.3 Å². The SMILES string of the molecule is Cc1nc(-c2c(N)nsc2NCC2(O)CCOC2)cs1. The second-order valence-corrected chi connectivity index (χ2v) is 6.74. The number of nitrogens with two attached hydrogens (primary N) is 1. The van der Waals surface area contributed by atoms with E-state index in [2.05, 4.69) is 14.7 Å². The maximum absolute atomic E-state index is 10.3. The van der Waals surface area contributed by atoms with Crippen LogP contribution in [0.1, 0.15) is 11.4 Å². The Hall–Kier alpha value is -1.22. The van der Waals surface area contributed by atoms with E-state index < -0.39 is 5.60 Å². The van der Waals surface area contributed by atoms with Crippen LogP contribution in [0.5, 0.6) is 0 Å². The first-order valence-corrected chi connectivity index (χ1v) is 7.94. The minimum atomic E-state index is -0.811. The summed E-state index contributed by atoms with van der Waals surface area (Å²) >= 11 is 2.86. The molecule has 1 aliphatic rings. The third-order valence-corrected chi connectivity index (χ3v) is 4.85. The number of aromatic nitrogens is 2. The lowest BCUT2D eigenvalue weighted by Gasteiger charge is -2.20. The van der Waals surface area contributed by atoms with Crippen molar-refractivity contribution in [3.63, 3.8) is 0 Å². The van der Waals surface area contributed by atoms with E-state index in [1.54, 1.807) is 11.3 Å². The summed E-state index contributed by atoms with van der Waals surface area (Å²) in [5.41, 5.74) is 6.78. The van der Waals surface area contributed by atoms with Crippen molar-refractivity contribution in [3.05, 3.63) is 10.4 Å². The molecule has 1 fully saturated rings. The Balaban J connectivity index is 1.80. The number of hydrogen-bond donors (Lipinski definition) is 3. The topological polar surface area (TPSA) is 93.3 Å². The maximum atomic E-state index is 10.3. The summed E-state index contributed by atoms with van der Waals surface area (Å²) in [6.07, 6.45) is 0.638. The van der Waals surface area contributed by atoms with Crippen LogP contribution in [0.4, 0.5) is 10.8 Å². The van der Waals surface area contributed by atoms with Gasteiger partial charge in [0.05, 0.1) is 22.9 Å². The summed E-state index contributed by atoms with van der Waals surface area (Å²) in [6.45, 7) is 3.33. The van der Waals surface area contributed by atoms with Crippen LogP contribution in [0.2, 0.25) is 0 Å². The molecule has 0 saturated carbocycles. The van der Waals surface area contributed by atoms with Crippen LogP contribution in [0.25, 0.3) is 11.3 Å². The summed E-state index contributed by atoms with van der Waals surface area (Å²) in [5.74, 6) is 0.470. The molecule has 1 aliphatic heterocycles. The zero-order valence-electron chi connectivity index (χ0n) is 11.0. The Morgan fingerprint density at radius 1 is 1.60 bits per heavy atom. The molecule has 108 valence electrons. The van der Waals surface area contributed by atoms with Gasteiger partial charge in [0.1, 0.15) is 16.4 Å². The van der Waals surface area contributed by atoms with E-state index in [0.717, 1.165) is 21.3 Å². The molecule has 2 aromatic heterocycles. The van der Waals surface area contributed by atoms with Crippen molar-refractivity contribution in [1.29, 1.82) is 0 Å². The molecule has 2 aromatic rings. The molecule has 3 heterocycles. The highest BCUT2D eigenvalue weighted by Gasteiger charge is 2.32. The van der Waals surface area contributed by atoms with Gasteiger partial charge >= 0.3 is 0 Å². The lowest BCUT2D eigenvalue weighted by molar-refractivity contribution is 0.0382. The van der Waals surface area contributed by atoms with E-state index >= 15 is 0 Å². The van der Waals surface area contributed by atoms with Crippen LogP contribution in [-0.2, 0) is 4.74 Å². The van der Waals surface area contributed by atoms with E-state index in [-0.39, 0.29) is 0 Å². The standard InChI is InChI=1S/C12H16N4O2S2/c1-7-15-8(4-19-7)9-10(13)16-20-11(9)14-5-12(17)2-3-18-6-12/h4,14,17H,2-3,5-6H2,1H3,(H2,13,16). The van der Waals surface area contributed by atoms with Gasteiger partial charge in [0.2, 0.25) is 0 Å². The molecular weight excluding hydrogens is 296 g/mol. The van der Waals surface area contributed by atoms with Gasteiger partial charge in [-0.1, -0.05) is 0 Å². The van der Waals surface area contributed by atoms with Crippen molar-refractivity contribution >= 4 is 33.7 Å². The molecule has 0 aromatic carbocycles. The summed E-state index contributed by atoms with van der Waals surface area (Å²) in [6, 6.07) is 0. The maximum Gasteiger partial charge on any atom is 0.148 e. The quantitative estimate of drug-likeness (QED) is 0.796. The molecule has 3 rings (SSSR count). The number of hydrogen-bond acceptors (Lipinski definition) is 8. The Labute approximate surface area is 124 Å². The number of aryl methyl sites for hydroxylation is 1. The zero-order chi connectivity index (χ0) is 14.2. The number of nitrogens with one attached hydrogen (secondary N) is 1. The van der Waals surface area contributed by atoms with Crippen LogP contribution < -0.4 is 11.1 Å². The molecule has 0 amide bonds. The predicted molar refractivity (Wildman–Crippen MR) is 81.2 cm³/mol. The summed E-state index contributed by atoms with van der Waals surface area (Å²) in [7, 11) is 0. The lowest BCUT2D eigenvalue weighted by atomic mass is 10.0. The van der Waals surface area contributed by atoms with E-state index in [9.17, 15) is 5.11 Å². The van der Waals surface area contributed by atoms with Crippen molar-refractivity contribution in [2.75, 3.05) is 30.8 Å². The van der Waals surface area contributed by atoms with Crippen molar-refractivity contribution < 1.29 is 9.84 Å². The molecule has 8 heteroatoms. The van der Waals surface area contributed by atoms with Crippen LogP contribution in [0.3, 0.4) is 0 Å². The van der Waals surface area contributed by atoms with E-state index in [1.165, 1.54) is 11.5 Å². The van der Waals surface area contributed by atoms with Gasteiger partial charge in [0, 0.05) is 25.0 Å². The van der Waals surface area contributed by atoms with Gasteiger partial charge in [-0.05, 0) is 18.5 Å². The minimum Gasteiger partial charge on any atom is -0.386 e. The van der Waals surface area contributed by atoms with Crippen molar-refractivity contribution in [2.24, 2.45) is 0 Å². The molecular formula is C12H16N4O2S2. The zero-order valence-corrected chi connectivity index (χ0v) is 12.7. The van der Waals surface area contributed by atoms with Crippen molar-refractivity contribution in [2.45, 2.75) is 18.9 Å². The fourth-order valence-electron chi connectivity index (χ4n) is 2.13. The number of anilines is 2. The van der Waals surface area contributed by atoms with Crippen LogP contribution >= 0.6 is 22.9 Å². The Kier molecular flexibility index (Phi) is 3.63. The Morgan fingerprint density at radius 3 is 3.10 bits per heavy atom. The first-order chi connectivity index (χ1) is 9.57. The first-order valence-electron chi connectivity index (χ1n) is 6.29. The first kappa shape index (κ1) is 13.7. The van der Waals surface area contributed by atoms with Gasteiger partial charge in [-0.3, -0.25) is 0 Å². The predicted octanol–water partition coefficient (Wildman–Crippen LogP) is 1.72. The second-order valence-electron chi connectivity index (χ2n) is 4.90. The fraction of sp³-hybridized carbons (Fsp3) is 0.500. The van der Waals surface area contributed by atoms with Gasteiger partial charge in [0.25, 0.3) is 0 Å². The Morgan fingerprint density at radius 2 is 2.45 bits per heavy atom. The molecule has 1 atom stereocenters. The largest absolute Gasteiger partial charge is 0.386 e. The van der Waals surface area contributed by atoms with E-state index in [0.29, 0.717) is 32.0 Å². The minimum absolute atomic E-state index is 0.361. The highest BCUT2D eigenvalue weighted by molar-refractivity contribution is 7.11. The second kappa shape index (κ2) is 5.28. The summed E-state index contributed by atoms with van der Waals surface area (Å²) in [5, 5.41) is 17.3. The lowest BCUT2D eigenvalue weighted by Crippen LogP contribution is -2.37. The third-order valence-electron chi connectivity index (χ3n) is 3.25. The summed E-state index contributed by atoms with van der Waals surface area (Å²) in [4.78, 5) is 4.45. The third kappa shape index (κ3) is 2.64. The molecule has 20 heavy (non-hydrogen) atoms. The van der Waals surface area contributed by atoms with Gasteiger partial charge in [-0.2, -0.15) is 4.37 Å². The van der Waals surface area contributed by atoms with Gasteiger partial charge in [-0.15, -0.1) is 11.3 Å². The molecule has 0 radical (unpaired) electrons. The molecule has 1 unspecified atom stereocenters. The number of rotatable bonds is 4. The van der Waals surface area contributed by atoms with Crippen molar-refractivity contribution in [1.82, 2.24) is 9.36 Å². The molecule has 1 saturated heterocycles. The number of nitrogen functional groups attached to an aromatic ring is 1.